The van der Waals surface area contributed by atoms with Crippen molar-refractivity contribution in [1.29, 1.82) is 0 Å². The number of carbonyl (C=O) groups is 1. The van der Waals surface area contributed by atoms with Crippen molar-refractivity contribution in [2.45, 2.75) is 6.10 Å². The Hall–Kier alpha value is -2.25. The van der Waals surface area contributed by atoms with Crippen LogP contribution in [0, 0.1) is 5.92 Å². The number of β-amino-alcohol motifs (C(OH)–C–C–N with tert-alkyl or cyclic N) is 1. The van der Waals surface area contributed by atoms with E-state index in [0.717, 1.165) is 5.56 Å². The van der Waals surface area contributed by atoms with Gasteiger partial charge in [0, 0.05) is 49.6 Å². The molecule has 1 amide bonds. The molecule has 0 aliphatic carbocycles. The van der Waals surface area contributed by atoms with Crippen molar-refractivity contribution in [2.24, 2.45) is 5.92 Å². The molecule has 7 nitrogen and oxygen atoms in total. The summed E-state index contributed by atoms with van der Waals surface area (Å²) in [4.78, 5) is 15.9. The molecule has 2 aromatic heterocycles. The molecule has 2 aromatic rings. The van der Waals surface area contributed by atoms with E-state index < -0.39 is 6.10 Å². The van der Waals surface area contributed by atoms with Gasteiger partial charge < -0.3 is 20.3 Å². The number of carbonyl (C=O) groups excluding carboxylic acids is 1. The van der Waals surface area contributed by atoms with Gasteiger partial charge in [0.25, 0.3) is 5.91 Å². The quantitative estimate of drug-likeness (QED) is 0.735. The molecule has 110 valence electrons. The summed E-state index contributed by atoms with van der Waals surface area (Å²) in [6.07, 6.45) is 2.87. The Bertz CT molecular complexity index is 614. The third-order valence-electron chi connectivity index (χ3n) is 3.54. The first-order chi connectivity index (χ1) is 10.2. The summed E-state index contributed by atoms with van der Waals surface area (Å²) in [6.45, 7) is 1.67. The van der Waals surface area contributed by atoms with Crippen molar-refractivity contribution in [3.05, 3.63) is 36.3 Å². The Morgan fingerprint density at radius 3 is 2.95 bits per heavy atom. The molecule has 0 radical (unpaired) electrons. The van der Waals surface area contributed by atoms with Crippen molar-refractivity contribution < 1.29 is 14.4 Å². The van der Waals surface area contributed by atoms with E-state index in [9.17, 15) is 9.90 Å². The van der Waals surface area contributed by atoms with Crippen LogP contribution in [0.25, 0.3) is 11.3 Å². The number of nitrogens with zero attached hydrogens (tertiary/aromatic N) is 2. The molecule has 0 spiro atoms. The van der Waals surface area contributed by atoms with Gasteiger partial charge in [-0.05, 0) is 12.1 Å². The average Bonchev–Trinajstić information content (AvgIpc) is 3.15. The van der Waals surface area contributed by atoms with E-state index in [1.807, 2.05) is 0 Å². The van der Waals surface area contributed by atoms with E-state index in [1.54, 1.807) is 30.6 Å². The molecule has 1 aliphatic rings. The van der Waals surface area contributed by atoms with Gasteiger partial charge in [0.15, 0.2) is 11.5 Å². The molecule has 3 N–H and O–H groups in total. The van der Waals surface area contributed by atoms with Crippen LogP contribution in [-0.2, 0) is 0 Å². The highest BCUT2D eigenvalue weighted by Crippen LogP contribution is 2.19. The maximum atomic E-state index is 12.0. The lowest BCUT2D eigenvalue weighted by Crippen LogP contribution is -2.34. The second-order valence-electron chi connectivity index (χ2n) is 5.01. The predicted octanol–water partition coefficient (Wildman–Crippen LogP) is 0.0467. The molecule has 3 heterocycles. The van der Waals surface area contributed by atoms with E-state index >= 15 is 0 Å². The lowest BCUT2D eigenvalue weighted by Gasteiger charge is -2.13. The van der Waals surface area contributed by atoms with Gasteiger partial charge in [0.05, 0.1) is 6.10 Å². The number of aliphatic hydroxyl groups is 1. The largest absolute Gasteiger partial charge is 0.391 e. The Morgan fingerprint density at radius 2 is 2.24 bits per heavy atom. The summed E-state index contributed by atoms with van der Waals surface area (Å²) in [5.74, 6) is 0.240. The highest BCUT2D eigenvalue weighted by molar-refractivity contribution is 5.93. The molecule has 3 rings (SSSR count). The van der Waals surface area contributed by atoms with Crippen LogP contribution in [0.1, 0.15) is 10.5 Å². The summed E-state index contributed by atoms with van der Waals surface area (Å²) in [7, 11) is 0. The number of aliphatic hydroxyl groups excluding tert-OH is 1. The van der Waals surface area contributed by atoms with E-state index in [4.69, 9.17) is 4.52 Å². The smallest absolute Gasteiger partial charge is 0.273 e. The van der Waals surface area contributed by atoms with Crippen LogP contribution in [0.3, 0.4) is 0 Å². The van der Waals surface area contributed by atoms with Crippen LogP contribution in [0.2, 0.25) is 0 Å². The van der Waals surface area contributed by atoms with Gasteiger partial charge in [-0.2, -0.15) is 0 Å². The molecule has 0 saturated carbocycles. The van der Waals surface area contributed by atoms with Crippen LogP contribution in [0.5, 0.6) is 0 Å². The lowest BCUT2D eigenvalue weighted by molar-refractivity contribution is 0.0918. The van der Waals surface area contributed by atoms with Crippen LogP contribution >= 0.6 is 0 Å². The van der Waals surface area contributed by atoms with E-state index in [1.165, 1.54) is 0 Å². The average molecular weight is 288 g/mol. The standard InChI is InChI=1S/C14H16N4O3/c19-12-8-16-6-10(12)7-17-14(20)11-5-13(21-18-11)9-1-3-15-4-2-9/h1-5,10,12,16,19H,6-8H2,(H,17,20). The second kappa shape index (κ2) is 6.02. The second-order valence-corrected chi connectivity index (χ2v) is 5.01. The van der Waals surface area contributed by atoms with Crippen molar-refractivity contribution in [2.75, 3.05) is 19.6 Å². The van der Waals surface area contributed by atoms with Gasteiger partial charge >= 0.3 is 0 Å². The molecular weight excluding hydrogens is 272 g/mol. The first-order valence-corrected chi connectivity index (χ1v) is 6.78. The van der Waals surface area contributed by atoms with Crippen molar-refractivity contribution >= 4 is 5.91 Å². The number of pyridine rings is 1. The fraction of sp³-hybridized carbons (Fsp3) is 0.357. The minimum atomic E-state index is -0.421. The molecular formula is C14H16N4O3. The molecule has 1 aliphatic heterocycles. The van der Waals surface area contributed by atoms with Gasteiger partial charge in [-0.25, -0.2) is 0 Å². The molecule has 7 heteroatoms. The van der Waals surface area contributed by atoms with Gasteiger partial charge in [0.1, 0.15) is 0 Å². The molecule has 0 bridgehead atoms. The highest BCUT2D eigenvalue weighted by Gasteiger charge is 2.25. The number of hydrogen-bond acceptors (Lipinski definition) is 6. The topological polar surface area (TPSA) is 100 Å². The van der Waals surface area contributed by atoms with Crippen molar-refractivity contribution in [3.63, 3.8) is 0 Å². The fourth-order valence-corrected chi connectivity index (χ4v) is 2.28. The normalized spacial score (nSPS) is 21.4. The minimum absolute atomic E-state index is 0.0283. The zero-order valence-electron chi connectivity index (χ0n) is 11.3. The van der Waals surface area contributed by atoms with Crippen molar-refractivity contribution in [1.82, 2.24) is 20.8 Å². The highest BCUT2D eigenvalue weighted by atomic mass is 16.5. The minimum Gasteiger partial charge on any atom is -0.391 e. The van der Waals surface area contributed by atoms with E-state index in [0.29, 0.717) is 25.4 Å². The van der Waals surface area contributed by atoms with E-state index in [2.05, 4.69) is 20.8 Å². The number of amides is 1. The van der Waals surface area contributed by atoms with Gasteiger partial charge in [0.2, 0.25) is 0 Å². The van der Waals surface area contributed by atoms with Crippen LogP contribution < -0.4 is 10.6 Å². The van der Waals surface area contributed by atoms with Gasteiger partial charge in [-0.15, -0.1) is 0 Å². The summed E-state index contributed by atoms with van der Waals surface area (Å²) in [5, 5.41) is 19.3. The zero-order chi connectivity index (χ0) is 14.7. The first-order valence-electron chi connectivity index (χ1n) is 6.78. The predicted molar refractivity (Wildman–Crippen MR) is 74.4 cm³/mol. The fourth-order valence-electron chi connectivity index (χ4n) is 2.28. The van der Waals surface area contributed by atoms with Crippen molar-refractivity contribution in [3.8, 4) is 11.3 Å². The molecule has 1 fully saturated rings. The number of nitrogens with one attached hydrogen (secondary N) is 2. The molecule has 2 atom stereocenters. The Balaban J connectivity index is 1.62. The molecule has 2 unspecified atom stereocenters. The van der Waals surface area contributed by atoms with Crippen LogP contribution in [0.15, 0.2) is 35.1 Å². The SMILES string of the molecule is O=C(NCC1CNCC1O)c1cc(-c2ccncc2)on1. The number of hydrogen-bond donors (Lipinski definition) is 3. The Kier molecular flexibility index (Phi) is 3.94. The Labute approximate surface area is 121 Å². The molecule has 0 aromatic carbocycles. The third kappa shape index (κ3) is 3.09. The monoisotopic (exact) mass is 288 g/mol. The maximum absolute atomic E-state index is 12.0. The Morgan fingerprint density at radius 1 is 1.43 bits per heavy atom. The summed E-state index contributed by atoms with van der Waals surface area (Å²) in [6, 6.07) is 5.15. The molecule has 21 heavy (non-hydrogen) atoms. The maximum Gasteiger partial charge on any atom is 0.273 e. The third-order valence-corrected chi connectivity index (χ3v) is 3.54. The van der Waals surface area contributed by atoms with Crippen LogP contribution in [-0.4, -0.2) is 46.9 Å². The van der Waals surface area contributed by atoms with Gasteiger partial charge in [-0.1, -0.05) is 5.16 Å². The van der Waals surface area contributed by atoms with E-state index in [-0.39, 0.29) is 17.5 Å². The number of rotatable bonds is 4. The zero-order valence-corrected chi connectivity index (χ0v) is 11.3. The van der Waals surface area contributed by atoms with Crippen LogP contribution in [0.4, 0.5) is 0 Å². The molecule has 1 saturated heterocycles. The number of aromatic nitrogens is 2. The first kappa shape index (κ1) is 13.7. The van der Waals surface area contributed by atoms with Gasteiger partial charge in [-0.3, -0.25) is 9.78 Å². The summed E-state index contributed by atoms with van der Waals surface area (Å²) in [5.41, 5.74) is 1.04. The summed E-state index contributed by atoms with van der Waals surface area (Å²) >= 11 is 0. The lowest BCUT2D eigenvalue weighted by atomic mass is 10.1. The summed E-state index contributed by atoms with van der Waals surface area (Å²) < 4.78 is 5.16.